The number of likely N-dealkylation sites (tertiary alicyclic amines) is 1. The number of carbonyl (C=O) groups is 1. The van der Waals surface area contributed by atoms with Gasteiger partial charge in [0.05, 0.1) is 0 Å². The van der Waals surface area contributed by atoms with E-state index in [-0.39, 0.29) is 17.9 Å². The van der Waals surface area contributed by atoms with Crippen LogP contribution in [-0.2, 0) is 4.79 Å². The molecule has 6 nitrogen and oxygen atoms in total. The Hall–Kier alpha value is -2.60. The second-order valence-electron chi connectivity index (χ2n) is 10.0. The van der Waals surface area contributed by atoms with Gasteiger partial charge in [0.25, 0.3) is 0 Å². The van der Waals surface area contributed by atoms with Crippen LogP contribution in [0.25, 0.3) is 0 Å². The lowest BCUT2D eigenvalue weighted by molar-refractivity contribution is -0.123. The first kappa shape index (κ1) is 23.2. The van der Waals surface area contributed by atoms with E-state index in [0.29, 0.717) is 19.1 Å². The smallest absolute Gasteiger partial charge is 0.231 e. The molecule has 1 aromatic heterocycles. The average Bonchev–Trinajstić information content (AvgIpc) is 2.90. The van der Waals surface area contributed by atoms with Crippen molar-refractivity contribution in [2.45, 2.75) is 63.8 Å². The molecule has 5 rings (SSSR count). The molecule has 0 bridgehead atoms. The standard InChI is InChI=1S/C28H37N3O3/c1-21(31(26-12-5-6-15-29-26)28(32)23-8-3-2-4-9-23)20-30-16-13-22(14-17-30)24-10-7-11-25-27(24)34-19-18-33-25/h5-7,10-12,15,21-23H,2-4,8-9,13-14,16-20H2,1H3/t21-/m1/s1. The van der Waals surface area contributed by atoms with Crippen molar-refractivity contribution in [3.63, 3.8) is 0 Å². The summed E-state index contributed by atoms with van der Waals surface area (Å²) < 4.78 is 11.8. The average molecular weight is 464 g/mol. The Morgan fingerprint density at radius 2 is 1.82 bits per heavy atom. The Labute approximate surface area is 203 Å². The number of hydrogen-bond acceptors (Lipinski definition) is 5. The van der Waals surface area contributed by atoms with E-state index >= 15 is 0 Å². The number of amides is 1. The number of nitrogens with zero attached hydrogens (tertiary/aromatic N) is 3. The number of benzene rings is 1. The molecule has 1 saturated carbocycles. The maximum Gasteiger partial charge on any atom is 0.231 e. The second-order valence-corrected chi connectivity index (χ2v) is 10.0. The van der Waals surface area contributed by atoms with E-state index in [1.807, 2.05) is 29.2 Å². The molecule has 3 aliphatic rings. The van der Waals surface area contributed by atoms with Gasteiger partial charge in [0.15, 0.2) is 11.5 Å². The van der Waals surface area contributed by atoms with Crippen molar-refractivity contribution in [2.75, 3.05) is 37.7 Å². The number of fused-ring (bicyclic) bond motifs is 1. The molecule has 1 amide bonds. The van der Waals surface area contributed by atoms with Gasteiger partial charge in [-0.25, -0.2) is 4.98 Å². The van der Waals surface area contributed by atoms with Crippen LogP contribution in [0.4, 0.5) is 5.82 Å². The molecule has 34 heavy (non-hydrogen) atoms. The Balaban J connectivity index is 1.24. The number of rotatable bonds is 6. The van der Waals surface area contributed by atoms with Crippen LogP contribution in [0, 0.1) is 5.92 Å². The van der Waals surface area contributed by atoms with Gasteiger partial charge >= 0.3 is 0 Å². The predicted octanol–water partition coefficient (Wildman–Crippen LogP) is 5.03. The normalized spacial score (nSPS) is 20.6. The fraction of sp³-hybridized carbons (Fsp3) is 0.571. The maximum absolute atomic E-state index is 13.6. The fourth-order valence-corrected chi connectivity index (χ4v) is 5.90. The van der Waals surface area contributed by atoms with Crippen LogP contribution in [0.2, 0.25) is 0 Å². The minimum absolute atomic E-state index is 0.0853. The number of carbonyl (C=O) groups excluding carboxylic acids is 1. The molecule has 1 atom stereocenters. The highest BCUT2D eigenvalue weighted by Gasteiger charge is 2.33. The highest BCUT2D eigenvalue weighted by molar-refractivity contribution is 5.94. The first-order valence-corrected chi connectivity index (χ1v) is 13.1. The molecule has 1 saturated heterocycles. The van der Waals surface area contributed by atoms with Gasteiger partial charge in [-0.2, -0.15) is 0 Å². The molecule has 2 aliphatic heterocycles. The van der Waals surface area contributed by atoms with E-state index in [1.54, 1.807) is 6.20 Å². The van der Waals surface area contributed by atoms with E-state index in [1.165, 1.54) is 12.0 Å². The minimum Gasteiger partial charge on any atom is -0.486 e. The highest BCUT2D eigenvalue weighted by Crippen LogP contribution is 2.41. The molecule has 3 heterocycles. The fourth-order valence-electron chi connectivity index (χ4n) is 5.90. The van der Waals surface area contributed by atoms with Crippen LogP contribution in [0.5, 0.6) is 11.5 Å². The first-order chi connectivity index (χ1) is 16.7. The number of hydrogen-bond donors (Lipinski definition) is 0. The molecule has 0 spiro atoms. The summed E-state index contributed by atoms with van der Waals surface area (Å²) in [7, 11) is 0. The van der Waals surface area contributed by atoms with E-state index in [4.69, 9.17) is 9.47 Å². The highest BCUT2D eigenvalue weighted by atomic mass is 16.6. The Bertz CT molecular complexity index is 953. The third-order valence-corrected chi connectivity index (χ3v) is 7.68. The van der Waals surface area contributed by atoms with Crippen molar-refractivity contribution >= 4 is 11.7 Å². The molecule has 1 aliphatic carbocycles. The Kier molecular flexibility index (Phi) is 7.33. The van der Waals surface area contributed by atoms with Crippen LogP contribution in [0.3, 0.4) is 0 Å². The van der Waals surface area contributed by atoms with Crippen molar-refractivity contribution in [2.24, 2.45) is 5.92 Å². The van der Waals surface area contributed by atoms with Gasteiger partial charge in [-0.3, -0.25) is 9.69 Å². The second kappa shape index (κ2) is 10.8. The maximum atomic E-state index is 13.6. The summed E-state index contributed by atoms with van der Waals surface area (Å²) in [6.07, 6.45) is 9.56. The summed E-state index contributed by atoms with van der Waals surface area (Å²) in [4.78, 5) is 22.7. The van der Waals surface area contributed by atoms with Crippen LogP contribution < -0.4 is 14.4 Å². The summed E-state index contributed by atoms with van der Waals surface area (Å²) in [6, 6.07) is 12.2. The van der Waals surface area contributed by atoms with Gasteiger partial charge in [0, 0.05) is 30.3 Å². The van der Waals surface area contributed by atoms with Crippen molar-refractivity contribution in [3.8, 4) is 11.5 Å². The Morgan fingerprint density at radius 1 is 1.03 bits per heavy atom. The van der Waals surface area contributed by atoms with Crippen LogP contribution >= 0.6 is 0 Å². The van der Waals surface area contributed by atoms with E-state index in [9.17, 15) is 4.79 Å². The topological polar surface area (TPSA) is 54.9 Å². The molecule has 0 radical (unpaired) electrons. The zero-order valence-electron chi connectivity index (χ0n) is 20.3. The zero-order valence-corrected chi connectivity index (χ0v) is 20.3. The van der Waals surface area contributed by atoms with Gasteiger partial charge in [-0.15, -0.1) is 0 Å². The molecule has 1 aromatic carbocycles. The number of anilines is 1. The zero-order chi connectivity index (χ0) is 23.3. The molecule has 182 valence electrons. The lowest BCUT2D eigenvalue weighted by Crippen LogP contribution is -2.49. The summed E-state index contributed by atoms with van der Waals surface area (Å²) in [5.41, 5.74) is 1.28. The Morgan fingerprint density at radius 3 is 2.59 bits per heavy atom. The van der Waals surface area contributed by atoms with Gasteiger partial charge in [-0.05, 0) is 69.8 Å². The number of para-hydroxylation sites is 1. The molecular formula is C28H37N3O3. The number of pyridine rings is 1. The minimum atomic E-state index is 0.0853. The lowest BCUT2D eigenvalue weighted by atomic mass is 9.87. The summed E-state index contributed by atoms with van der Waals surface area (Å²) >= 11 is 0. The van der Waals surface area contributed by atoms with Gasteiger partial charge in [-0.1, -0.05) is 37.5 Å². The summed E-state index contributed by atoms with van der Waals surface area (Å²) in [6.45, 7) is 6.34. The van der Waals surface area contributed by atoms with E-state index < -0.39 is 0 Å². The van der Waals surface area contributed by atoms with Gasteiger partial charge < -0.3 is 14.4 Å². The van der Waals surface area contributed by atoms with Gasteiger partial charge in [0.1, 0.15) is 19.0 Å². The molecule has 2 fully saturated rings. The number of piperidine rings is 1. The predicted molar refractivity (Wildman–Crippen MR) is 134 cm³/mol. The van der Waals surface area contributed by atoms with Gasteiger partial charge in [0.2, 0.25) is 5.91 Å². The van der Waals surface area contributed by atoms with E-state index in [0.717, 1.165) is 75.5 Å². The van der Waals surface area contributed by atoms with Crippen molar-refractivity contribution in [1.29, 1.82) is 0 Å². The molecule has 0 N–H and O–H groups in total. The van der Waals surface area contributed by atoms with Crippen LogP contribution in [0.1, 0.15) is 63.4 Å². The number of aromatic nitrogens is 1. The molecule has 2 aromatic rings. The van der Waals surface area contributed by atoms with Crippen molar-refractivity contribution in [3.05, 3.63) is 48.2 Å². The molecule has 0 unspecified atom stereocenters. The molecular weight excluding hydrogens is 426 g/mol. The van der Waals surface area contributed by atoms with Crippen molar-refractivity contribution in [1.82, 2.24) is 9.88 Å². The SMILES string of the molecule is C[C@H](CN1CCC(c2cccc3c2OCCO3)CC1)N(C(=O)C1CCCCC1)c1ccccn1. The quantitative estimate of drug-likeness (QED) is 0.601. The summed E-state index contributed by atoms with van der Waals surface area (Å²) in [5, 5.41) is 0. The molecule has 6 heteroatoms. The lowest BCUT2D eigenvalue weighted by Gasteiger charge is -2.38. The van der Waals surface area contributed by atoms with Crippen molar-refractivity contribution < 1.29 is 14.3 Å². The largest absolute Gasteiger partial charge is 0.486 e. The third-order valence-electron chi connectivity index (χ3n) is 7.68. The third kappa shape index (κ3) is 5.07. The number of ether oxygens (including phenoxy) is 2. The monoisotopic (exact) mass is 463 g/mol. The first-order valence-electron chi connectivity index (χ1n) is 13.1. The summed E-state index contributed by atoms with van der Waals surface area (Å²) in [5.74, 6) is 3.49. The van der Waals surface area contributed by atoms with E-state index in [2.05, 4.69) is 28.9 Å². The van der Waals surface area contributed by atoms with Crippen LogP contribution in [-0.4, -0.2) is 54.7 Å². The van der Waals surface area contributed by atoms with Crippen LogP contribution in [0.15, 0.2) is 42.6 Å².